The molecule has 0 bridgehead atoms. The first kappa shape index (κ1) is 20.4. The van der Waals surface area contributed by atoms with Crippen LogP contribution >= 0.6 is 0 Å². The molecule has 0 aromatic heterocycles. The number of hydrogen-bond acceptors (Lipinski definition) is 3. The van der Waals surface area contributed by atoms with Crippen LogP contribution in [0.1, 0.15) is 83.5 Å². The SMILES string of the molecule is O=C(O)CCCCCCCCCCCCCC(CO)CO. The number of unbranched alkanes of at least 4 members (excludes halogenated alkanes) is 10. The van der Waals surface area contributed by atoms with Crippen LogP contribution in [-0.4, -0.2) is 34.5 Å². The fourth-order valence-corrected chi connectivity index (χ4v) is 2.54. The zero-order valence-electron chi connectivity index (χ0n) is 13.4. The molecule has 0 aliphatic rings. The molecule has 0 aliphatic heterocycles. The van der Waals surface area contributed by atoms with Crippen molar-refractivity contribution >= 4 is 5.97 Å². The van der Waals surface area contributed by atoms with Gasteiger partial charge in [0.25, 0.3) is 0 Å². The third kappa shape index (κ3) is 15.6. The summed E-state index contributed by atoms with van der Waals surface area (Å²) in [6.45, 7) is 0.200. The molecule has 0 saturated carbocycles. The zero-order valence-corrected chi connectivity index (χ0v) is 13.4. The number of carboxylic acid groups (broad SMARTS) is 1. The molecule has 0 aromatic carbocycles. The number of aliphatic hydroxyl groups excluding tert-OH is 2. The number of carboxylic acids is 1. The molecule has 126 valence electrons. The fourth-order valence-electron chi connectivity index (χ4n) is 2.54. The highest BCUT2D eigenvalue weighted by molar-refractivity contribution is 5.66. The normalized spacial score (nSPS) is 11.2. The highest BCUT2D eigenvalue weighted by Gasteiger charge is 2.04. The predicted molar refractivity (Wildman–Crippen MR) is 85.3 cm³/mol. The lowest BCUT2D eigenvalue weighted by Crippen LogP contribution is -2.10. The second-order valence-electron chi connectivity index (χ2n) is 6.05. The quantitative estimate of drug-likeness (QED) is 0.379. The van der Waals surface area contributed by atoms with Crippen molar-refractivity contribution in [1.29, 1.82) is 0 Å². The molecule has 0 spiro atoms. The van der Waals surface area contributed by atoms with Gasteiger partial charge < -0.3 is 15.3 Å². The first-order chi connectivity index (χ1) is 10.2. The monoisotopic (exact) mass is 302 g/mol. The van der Waals surface area contributed by atoms with E-state index in [1.807, 2.05) is 0 Å². The van der Waals surface area contributed by atoms with Crippen LogP contribution in [0, 0.1) is 5.92 Å². The number of aliphatic carboxylic acids is 1. The molecule has 0 aliphatic carbocycles. The second-order valence-corrected chi connectivity index (χ2v) is 6.05. The van der Waals surface area contributed by atoms with Gasteiger partial charge in [-0.3, -0.25) is 4.79 Å². The van der Waals surface area contributed by atoms with Gasteiger partial charge in [0.15, 0.2) is 0 Å². The molecule has 0 aromatic rings. The third-order valence-corrected chi connectivity index (χ3v) is 4.02. The first-order valence-corrected chi connectivity index (χ1v) is 8.64. The molecular weight excluding hydrogens is 268 g/mol. The Hall–Kier alpha value is -0.610. The van der Waals surface area contributed by atoms with Gasteiger partial charge in [-0.1, -0.05) is 64.2 Å². The Morgan fingerprint density at radius 2 is 1.05 bits per heavy atom. The van der Waals surface area contributed by atoms with Crippen molar-refractivity contribution in [3.05, 3.63) is 0 Å². The van der Waals surface area contributed by atoms with Gasteiger partial charge in [-0.15, -0.1) is 0 Å². The van der Waals surface area contributed by atoms with Crippen molar-refractivity contribution in [1.82, 2.24) is 0 Å². The second kappa shape index (κ2) is 15.8. The van der Waals surface area contributed by atoms with E-state index in [1.165, 1.54) is 44.9 Å². The molecule has 4 heteroatoms. The zero-order chi connectivity index (χ0) is 15.8. The van der Waals surface area contributed by atoms with E-state index in [2.05, 4.69) is 0 Å². The molecule has 0 saturated heterocycles. The van der Waals surface area contributed by atoms with Crippen LogP contribution in [0.4, 0.5) is 0 Å². The topological polar surface area (TPSA) is 77.8 Å². The number of aliphatic hydroxyl groups is 2. The van der Waals surface area contributed by atoms with E-state index in [4.69, 9.17) is 15.3 Å². The summed E-state index contributed by atoms with van der Waals surface area (Å²) in [6.07, 6.45) is 14.2. The van der Waals surface area contributed by atoms with Gasteiger partial charge in [0, 0.05) is 25.6 Å². The highest BCUT2D eigenvalue weighted by Crippen LogP contribution is 2.14. The van der Waals surface area contributed by atoms with Gasteiger partial charge in [0.2, 0.25) is 0 Å². The summed E-state index contributed by atoms with van der Waals surface area (Å²) in [5.74, 6) is -0.606. The maximum Gasteiger partial charge on any atom is 0.303 e. The summed E-state index contributed by atoms with van der Waals surface area (Å²) in [4.78, 5) is 10.3. The van der Waals surface area contributed by atoms with Crippen molar-refractivity contribution in [3.63, 3.8) is 0 Å². The van der Waals surface area contributed by atoms with E-state index in [-0.39, 0.29) is 19.1 Å². The molecule has 0 amide bonds. The average Bonchev–Trinajstić information content (AvgIpc) is 2.47. The van der Waals surface area contributed by atoms with Crippen molar-refractivity contribution in [3.8, 4) is 0 Å². The molecule has 0 rings (SSSR count). The van der Waals surface area contributed by atoms with Crippen LogP contribution in [0.3, 0.4) is 0 Å². The summed E-state index contributed by atoms with van der Waals surface area (Å²) in [5.41, 5.74) is 0. The van der Waals surface area contributed by atoms with Gasteiger partial charge in [0.05, 0.1) is 0 Å². The van der Waals surface area contributed by atoms with E-state index >= 15 is 0 Å². The van der Waals surface area contributed by atoms with Gasteiger partial charge in [-0.25, -0.2) is 0 Å². The van der Waals surface area contributed by atoms with Gasteiger partial charge >= 0.3 is 5.97 Å². The molecule has 0 heterocycles. The third-order valence-electron chi connectivity index (χ3n) is 4.02. The molecule has 0 radical (unpaired) electrons. The van der Waals surface area contributed by atoms with E-state index in [0.29, 0.717) is 6.42 Å². The lowest BCUT2D eigenvalue weighted by atomic mass is 10.0. The molecule has 0 unspecified atom stereocenters. The van der Waals surface area contributed by atoms with Gasteiger partial charge in [-0.2, -0.15) is 0 Å². The van der Waals surface area contributed by atoms with Crippen molar-refractivity contribution in [2.24, 2.45) is 5.92 Å². The van der Waals surface area contributed by atoms with E-state index < -0.39 is 5.97 Å². The van der Waals surface area contributed by atoms with Crippen molar-refractivity contribution in [2.75, 3.05) is 13.2 Å². The molecular formula is C17H34O4. The molecule has 4 nitrogen and oxygen atoms in total. The maximum atomic E-state index is 10.3. The van der Waals surface area contributed by atoms with Crippen LogP contribution in [0.25, 0.3) is 0 Å². The molecule has 0 atom stereocenters. The van der Waals surface area contributed by atoms with Crippen molar-refractivity contribution < 1.29 is 20.1 Å². The first-order valence-electron chi connectivity index (χ1n) is 8.64. The van der Waals surface area contributed by atoms with Crippen molar-refractivity contribution in [2.45, 2.75) is 83.5 Å². The number of carbonyl (C=O) groups is 1. The van der Waals surface area contributed by atoms with E-state index in [9.17, 15) is 4.79 Å². The Morgan fingerprint density at radius 3 is 1.43 bits per heavy atom. The summed E-state index contributed by atoms with van der Waals surface area (Å²) >= 11 is 0. The fraction of sp³-hybridized carbons (Fsp3) is 0.941. The minimum atomic E-state index is -0.681. The van der Waals surface area contributed by atoms with Crippen LogP contribution in [-0.2, 0) is 4.79 Å². The van der Waals surface area contributed by atoms with Gasteiger partial charge in [0.1, 0.15) is 0 Å². The number of hydrogen-bond donors (Lipinski definition) is 3. The van der Waals surface area contributed by atoms with Crippen LogP contribution in [0.15, 0.2) is 0 Å². The Morgan fingerprint density at radius 1 is 0.667 bits per heavy atom. The molecule has 3 N–H and O–H groups in total. The van der Waals surface area contributed by atoms with Gasteiger partial charge in [-0.05, 0) is 12.8 Å². The van der Waals surface area contributed by atoms with Crippen LogP contribution in [0.2, 0.25) is 0 Å². The Labute approximate surface area is 129 Å². The van der Waals surface area contributed by atoms with E-state index in [0.717, 1.165) is 32.1 Å². The molecule has 0 fully saturated rings. The highest BCUT2D eigenvalue weighted by atomic mass is 16.4. The van der Waals surface area contributed by atoms with E-state index in [1.54, 1.807) is 0 Å². The minimum absolute atomic E-state index is 0.0751. The average molecular weight is 302 g/mol. The predicted octanol–water partition coefficient (Wildman–Crippen LogP) is 3.74. The lowest BCUT2D eigenvalue weighted by molar-refractivity contribution is -0.137. The smallest absolute Gasteiger partial charge is 0.303 e. The standard InChI is InChI=1S/C17H34O4/c18-14-16(15-19)12-10-8-6-4-2-1-3-5-7-9-11-13-17(20)21/h16,18-19H,1-15H2,(H,20,21). The Kier molecular flexibility index (Phi) is 15.3. The largest absolute Gasteiger partial charge is 0.481 e. The lowest BCUT2D eigenvalue weighted by Gasteiger charge is -2.09. The number of rotatable bonds is 16. The summed E-state index contributed by atoms with van der Waals surface area (Å²) < 4.78 is 0. The summed E-state index contributed by atoms with van der Waals surface area (Å²) in [7, 11) is 0. The summed E-state index contributed by atoms with van der Waals surface area (Å²) in [6, 6.07) is 0. The molecule has 21 heavy (non-hydrogen) atoms. The minimum Gasteiger partial charge on any atom is -0.481 e. The Balaban J connectivity index is 3.07. The van der Waals surface area contributed by atoms with Crippen LogP contribution in [0.5, 0.6) is 0 Å². The summed E-state index contributed by atoms with van der Waals surface area (Å²) in [5, 5.41) is 26.4. The maximum absolute atomic E-state index is 10.3. The van der Waals surface area contributed by atoms with Crippen LogP contribution < -0.4 is 0 Å². The Bertz CT molecular complexity index is 227.